The second kappa shape index (κ2) is 9.50. The van der Waals surface area contributed by atoms with Crippen LogP contribution in [0.3, 0.4) is 0 Å². The van der Waals surface area contributed by atoms with E-state index in [0.29, 0.717) is 29.2 Å². The van der Waals surface area contributed by atoms with E-state index in [4.69, 9.17) is 39.5 Å². The summed E-state index contributed by atoms with van der Waals surface area (Å²) in [4.78, 5) is 23.6. The Morgan fingerprint density at radius 3 is 2.34 bits per heavy atom. The van der Waals surface area contributed by atoms with Crippen LogP contribution in [-0.2, 0) is 12.3 Å². The molecule has 8 nitrogen and oxygen atoms in total. The van der Waals surface area contributed by atoms with Crippen molar-refractivity contribution in [2.24, 2.45) is 0 Å². The van der Waals surface area contributed by atoms with Gasteiger partial charge in [0.05, 0.1) is 17.8 Å². The number of non-ortho nitro benzene ring substituents is 1. The van der Waals surface area contributed by atoms with Crippen LogP contribution in [0, 0.1) is 10.1 Å². The number of thioether (sulfide) groups is 1. The predicted octanol–water partition coefficient (Wildman–Crippen LogP) is 5.78. The van der Waals surface area contributed by atoms with Gasteiger partial charge in [-0.25, -0.2) is 15.0 Å². The summed E-state index contributed by atoms with van der Waals surface area (Å²) in [7, 11) is 0. The largest absolute Gasteiger partial charge is 0.446 e. The minimum absolute atomic E-state index is 0.0637. The van der Waals surface area contributed by atoms with Crippen LogP contribution in [0.15, 0.2) is 66.2 Å². The Balaban J connectivity index is 1.47. The van der Waals surface area contributed by atoms with Gasteiger partial charge in [-0.15, -0.1) is 0 Å². The number of hydrogen-bond acceptors (Lipinski definition) is 7. The maximum atomic E-state index is 10.8. The molecule has 2 aromatic carbocycles. The van der Waals surface area contributed by atoms with E-state index in [1.807, 2.05) is 16.7 Å². The first-order valence-electron chi connectivity index (χ1n) is 9.15. The molecule has 0 radical (unpaired) electrons. The highest BCUT2D eigenvalue weighted by Crippen LogP contribution is 2.30. The van der Waals surface area contributed by atoms with Crippen LogP contribution in [0.4, 0.5) is 5.69 Å². The molecule has 2 aromatic heterocycles. The number of benzene rings is 2. The summed E-state index contributed by atoms with van der Waals surface area (Å²) in [5.41, 5.74) is 3.39. The van der Waals surface area contributed by atoms with Gasteiger partial charge in [0, 0.05) is 17.9 Å². The topological polar surface area (TPSA) is 96.0 Å². The first-order valence-corrected chi connectivity index (χ1v) is 11.3. The van der Waals surface area contributed by atoms with Crippen molar-refractivity contribution < 1.29 is 9.66 Å². The maximum absolute atomic E-state index is 10.8. The molecule has 32 heavy (non-hydrogen) atoms. The Bertz CT molecular complexity index is 1240. The smallest absolute Gasteiger partial charge is 0.338 e. The van der Waals surface area contributed by atoms with Crippen LogP contribution in [-0.4, -0.2) is 28.4 Å². The van der Waals surface area contributed by atoms with E-state index in [0.717, 1.165) is 16.2 Å². The van der Waals surface area contributed by atoms with Crippen LogP contribution in [0.25, 0.3) is 11.2 Å². The lowest BCUT2D eigenvalue weighted by atomic mass is 10.2. The minimum atomic E-state index is -1.82. The highest BCUT2D eigenvalue weighted by molar-refractivity contribution is 7.98. The maximum Gasteiger partial charge on any atom is 0.338 e. The summed E-state index contributed by atoms with van der Waals surface area (Å²) in [6, 6.07) is 13.6. The van der Waals surface area contributed by atoms with Gasteiger partial charge in [0.15, 0.2) is 5.65 Å². The van der Waals surface area contributed by atoms with Gasteiger partial charge in [0.25, 0.3) is 5.69 Å². The highest BCUT2D eigenvalue weighted by Gasteiger charge is 2.21. The number of fused-ring (bicyclic) bond motifs is 1. The molecule has 0 saturated carbocycles. The second-order valence-corrected chi connectivity index (χ2v) is 9.77. The summed E-state index contributed by atoms with van der Waals surface area (Å²) in [5, 5.41) is 11.5. The first-order chi connectivity index (χ1) is 15.3. The first kappa shape index (κ1) is 22.6. The molecule has 0 atom stereocenters. The fourth-order valence-electron chi connectivity index (χ4n) is 2.94. The Morgan fingerprint density at radius 2 is 1.69 bits per heavy atom. The van der Waals surface area contributed by atoms with E-state index in [9.17, 15) is 10.1 Å². The number of alkyl halides is 3. The molecule has 0 aliphatic heterocycles. The number of nitro benzene ring substituents is 1. The van der Waals surface area contributed by atoms with Gasteiger partial charge < -0.3 is 9.30 Å². The average Bonchev–Trinajstić information content (AvgIpc) is 3.16. The zero-order valence-corrected chi connectivity index (χ0v) is 19.3. The third kappa shape index (κ3) is 5.60. The van der Waals surface area contributed by atoms with Crippen LogP contribution in [0.5, 0.6) is 5.75 Å². The molecule has 0 aliphatic carbocycles. The van der Waals surface area contributed by atoms with Gasteiger partial charge in [-0.3, -0.25) is 10.1 Å². The van der Waals surface area contributed by atoms with Crippen molar-refractivity contribution in [3.05, 3.63) is 82.4 Å². The Kier molecular flexibility index (Phi) is 6.71. The molecule has 4 aromatic rings. The number of imidazole rings is 1. The van der Waals surface area contributed by atoms with Crippen molar-refractivity contribution in [2.45, 2.75) is 21.3 Å². The molecule has 0 saturated heterocycles. The zero-order valence-electron chi connectivity index (χ0n) is 16.2. The number of hydrogen-bond donors (Lipinski definition) is 0. The molecular formula is C20H14Cl3N5O3S. The summed E-state index contributed by atoms with van der Waals surface area (Å²) >= 11 is 18.4. The number of aromatic nitrogens is 4. The Labute approximate surface area is 201 Å². The second-order valence-electron chi connectivity index (χ2n) is 6.63. The van der Waals surface area contributed by atoms with E-state index in [-0.39, 0.29) is 5.69 Å². The molecule has 0 amide bonds. The van der Waals surface area contributed by atoms with Gasteiger partial charge in [-0.2, -0.15) is 0 Å². The molecule has 0 fully saturated rings. The average molecular weight is 511 g/mol. The Morgan fingerprint density at radius 1 is 1.00 bits per heavy atom. The van der Waals surface area contributed by atoms with Gasteiger partial charge in [-0.1, -0.05) is 36.0 Å². The molecular weight excluding hydrogens is 497 g/mol. The van der Waals surface area contributed by atoms with E-state index in [1.54, 1.807) is 30.6 Å². The lowest BCUT2D eigenvalue weighted by molar-refractivity contribution is -0.384. The summed E-state index contributed by atoms with van der Waals surface area (Å²) < 4.78 is 5.28. The lowest BCUT2D eigenvalue weighted by Crippen LogP contribution is -2.12. The molecule has 0 aliphatic rings. The van der Waals surface area contributed by atoms with E-state index >= 15 is 0 Å². The summed E-state index contributed by atoms with van der Waals surface area (Å²) in [6.07, 6.45) is 3.21. The number of halogens is 3. The van der Waals surface area contributed by atoms with Crippen LogP contribution in [0.1, 0.15) is 11.1 Å². The van der Waals surface area contributed by atoms with Crippen molar-refractivity contribution in [3.63, 3.8) is 0 Å². The van der Waals surface area contributed by atoms with Crippen molar-refractivity contribution in [1.82, 2.24) is 19.5 Å². The number of rotatable bonds is 7. The quantitative estimate of drug-likeness (QED) is 0.102. The molecule has 164 valence electrons. The van der Waals surface area contributed by atoms with E-state index in [2.05, 4.69) is 15.0 Å². The number of ether oxygens (including phenoxy) is 1. The number of nitrogens with zero attached hydrogens (tertiary/aromatic N) is 5. The van der Waals surface area contributed by atoms with Crippen molar-refractivity contribution in [3.8, 4) is 5.75 Å². The normalized spacial score (nSPS) is 11.6. The van der Waals surface area contributed by atoms with Gasteiger partial charge in [0.2, 0.25) is 0 Å². The molecule has 2 heterocycles. The lowest BCUT2D eigenvalue weighted by Gasteiger charge is -2.13. The van der Waals surface area contributed by atoms with Crippen LogP contribution in [0.2, 0.25) is 0 Å². The monoisotopic (exact) mass is 509 g/mol. The molecule has 12 heteroatoms. The van der Waals surface area contributed by atoms with E-state index in [1.165, 1.54) is 30.2 Å². The summed E-state index contributed by atoms with van der Waals surface area (Å²) in [5.74, 6) is 1.04. The van der Waals surface area contributed by atoms with Gasteiger partial charge in [0.1, 0.15) is 22.6 Å². The third-order valence-electron chi connectivity index (χ3n) is 4.40. The van der Waals surface area contributed by atoms with E-state index < -0.39 is 8.90 Å². The SMILES string of the molecule is O=[N+]([O-])c1ccc(CSc2ncnc3c2ncn3Cc2ccc(OC(Cl)(Cl)Cl)cc2)cc1. The van der Waals surface area contributed by atoms with Gasteiger partial charge >= 0.3 is 3.98 Å². The Hall–Kier alpha value is -2.59. The fourth-order valence-corrected chi connectivity index (χ4v) is 4.10. The zero-order chi connectivity index (χ0) is 22.7. The predicted molar refractivity (Wildman–Crippen MR) is 124 cm³/mol. The molecule has 4 rings (SSSR count). The third-order valence-corrected chi connectivity index (χ3v) is 5.68. The fraction of sp³-hybridized carbons (Fsp3) is 0.150. The minimum Gasteiger partial charge on any atom is -0.446 e. The van der Waals surface area contributed by atoms with Gasteiger partial charge in [-0.05, 0) is 58.1 Å². The van der Waals surface area contributed by atoms with Crippen molar-refractivity contribution in [1.29, 1.82) is 0 Å². The highest BCUT2D eigenvalue weighted by atomic mass is 35.6. The standard InChI is InChI=1S/C20H14Cl3N5O3S/c21-20(22,23)31-16-7-3-13(4-8-16)9-27-12-26-17-18(27)24-11-25-19(17)32-10-14-1-5-15(6-2-14)28(29)30/h1-8,11-12H,9-10H2. The van der Waals surface area contributed by atoms with Crippen molar-refractivity contribution in [2.75, 3.05) is 0 Å². The van der Waals surface area contributed by atoms with Crippen LogP contribution < -0.4 is 4.74 Å². The number of nitro groups is 1. The summed E-state index contributed by atoms with van der Waals surface area (Å²) in [6.45, 7) is 0.536. The molecule has 0 unspecified atom stereocenters. The molecule has 0 bridgehead atoms. The van der Waals surface area contributed by atoms with Crippen LogP contribution >= 0.6 is 46.6 Å². The molecule has 0 N–H and O–H groups in total. The van der Waals surface area contributed by atoms with Crippen molar-refractivity contribution >= 4 is 63.4 Å². The molecule has 0 spiro atoms.